The molecule has 2 heterocycles. The molecule has 20 heavy (non-hydrogen) atoms. The van der Waals surface area contributed by atoms with Crippen LogP contribution in [0.1, 0.15) is 40.0 Å². The van der Waals surface area contributed by atoms with Crippen LogP contribution < -0.4 is 5.32 Å². The maximum atomic E-state index is 12.2. The minimum Gasteiger partial charge on any atom is -0.337 e. The Labute approximate surface area is 123 Å². The van der Waals surface area contributed by atoms with Gasteiger partial charge >= 0.3 is 6.03 Å². The highest BCUT2D eigenvalue weighted by Crippen LogP contribution is 2.20. The molecule has 0 bridgehead atoms. The maximum Gasteiger partial charge on any atom is 0.317 e. The molecule has 2 rings (SSSR count). The van der Waals surface area contributed by atoms with Gasteiger partial charge in [-0.15, -0.1) is 0 Å². The number of urea groups is 1. The number of nitrogens with one attached hydrogen (secondary N) is 1. The number of hydrogen-bond donors (Lipinski definition) is 1. The lowest BCUT2D eigenvalue weighted by atomic mass is 9.92. The molecular weight excluding hydrogens is 250 g/mol. The Hall–Kier alpha value is -0.770. The van der Waals surface area contributed by atoms with Crippen LogP contribution in [0, 0.1) is 17.8 Å². The maximum absolute atomic E-state index is 12.2. The van der Waals surface area contributed by atoms with Gasteiger partial charge in [-0.3, -0.25) is 0 Å². The molecule has 4 heteroatoms. The van der Waals surface area contributed by atoms with Crippen LogP contribution in [0.3, 0.4) is 0 Å². The minimum atomic E-state index is 0.133. The summed E-state index contributed by atoms with van der Waals surface area (Å²) in [6.07, 6.45) is 3.90. The van der Waals surface area contributed by atoms with Gasteiger partial charge in [-0.1, -0.05) is 20.8 Å². The lowest BCUT2D eigenvalue weighted by Gasteiger charge is -2.35. The molecule has 2 amide bonds. The van der Waals surface area contributed by atoms with Crippen molar-refractivity contribution in [2.24, 2.45) is 17.8 Å². The molecule has 4 nitrogen and oxygen atoms in total. The first-order valence-corrected chi connectivity index (χ1v) is 8.29. The molecule has 3 atom stereocenters. The fraction of sp³-hybridized carbons (Fsp3) is 0.938. The molecule has 2 saturated heterocycles. The SMILES string of the molecule is CC1CCCN(CCNC(=O)N2CC(C)CC(C)C2)C1. The van der Waals surface area contributed by atoms with Crippen molar-refractivity contribution in [1.29, 1.82) is 0 Å². The molecule has 0 aromatic rings. The van der Waals surface area contributed by atoms with E-state index in [-0.39, 0.29) is 6.03 Å². The van der Waals surface area contributed by atoms with Crippen LogP contribution in [0.2, 0.25) is 0 Å². The van der Waals surface area contributed by atoms with Crippen molar-refractivity contribution in [3.63, 3.8) is 0 Å². The average Bonchev–Trinajstić information content (AvgIpc) is 2.37. The van der Waals surface area contributed by atoms with E-state index in [1.165, 1.54) is 32.4 Å². The summed E-state index contributed by atoms with van der Waals surface area (Å²) in [5, 5.41) is 3.10. The van der Waals surface area contributed by atoms with Gasteiger partial charge in [0.15, 0.2) is 0 Å². The van der Waals surface area contributed by atoms with Crippen molar-refractivity contribution < 1.29 is 4.79 Å². The molecular formula is C16H31N3O. The number of amides is 2. The second kappa shape index (κ2) is 7.30. The number of likely N-dealkylation sites (tertiary alicyclic amines) is 2. The van der Waals surface area contributed by atoms with E-state index >= 15 is 0 Å². The third-order valence-electron chi connectivity index (χ3n) is 4.60. The van der Waals surface area contributed by atoms with E-state index in [1.807, 2.05) is 4.90 Å². The standard InChI is InChI=1S/C16H31N3O/c1-13-5-4-7-18(10-13)8-6-17-16(20)19-11-14(2)9-15(3)12-19/h13-15H,4-12H2,1-3H3,(H,17,20). The Morgan fingerprint density at radius 2 is 1.80 bits per heavy atom. The second-order valence-electron chi connectivity index (χ2n) is 7.13. The highest BCUT2D eigenvalue weighted by Gasteiger charge is 2.25. The first-order chi connectivity index (χ1) is 9.54. The van der Waals surface area contributed by atoms with Crippen molar-refractivity contribution in [3.05, 3.63) is 0 Å². The summed E-state index contributed by atoms with van der Waals surface area (Å²) >= 11 is 0. The molecule has 2 aliphatic rings. The Bertz CT molecular complexity index is 311. The zero-order valence-corrected chi connectivity index (χ0v) is 13.4. The van der Waals surface area contributed by atoms with E-state index in [4.69, 9.17) is 0 Å². The van der Waals surface area contributed by atoms with Crippen LogP contribution in [0.25, 0.3) is 0 Å². The topological polar surface area (TPSA) is 35.6 Å². The van der Waals surface area contributed by atoms with Crippen LogP contribution in [-0.2, 0) is 0 Å². The number of rotatable bonds is 3. The van der Waals surface area contributed by atoms with Crippen LogP contribution in [-0.4, -0.2) is 55.1 Å². The highest BCUT2D eigenvalue weighted by atomic mass is 16.2. The average molecular weight is 281 g/mol. The Morgan fingerprint density at radius 3 is 2.45 bits per heavy atom. The van der Waals surface area contributed by atoms with Gasteiger partial charge in [-0.05, 0) is 43.6 Å². The summed E-state index contributed by atoms with van der Waals surface area (Å²) < 4.78 is 0. The van der Waals surface area contributed by atoms with E-state index in [0.29, 0.717) is 11.8 Å². The molecule has 0 aliphatic carbocycles. The minimum absolute atomic E-state index is 0.133. The second-order valence-corrected chi connectivity index (χ2v) is 7.13. The van der Waals surface area contributed by atoms with Gasteiger partial charge in [-0.2, -0.15) is 0 Å². The summed E-state index contributed by atoms with van der Waals surface area (Å²) in [4.78, 5) is 16.7. The molecule has 2 aliphatic heterocycles. The smallest absolute Gasteiger partial charge is 0.317 e. The summed E-state index contributed by atoms with van der Waals surface area (Å²) in [5.74, 6) is 2.07. The van der Waals surface area contributed by atoms with E-state index in [9.17, 15) is 4.79 Å². The van der Waals surface area contributed by atoms with E-state index in [2.05, 4.69) is 31.0 Å². The number of nitrogens with zero attached hydrogens (tertiary/aromatic N) is 2. The number of carbonyl (C=O) groups excluding carboxylic acids is 1. The fourth-order valence-electron chi connectivity index (χ4n) is 3.75. The van der Waals surface area contributed by atoms with Gasteiger partial charge in [0.1, 0.15) is 0 Å². The highest BCUT2D eigenvalue weighted by molar-refractivity contribution is 5.74. The molecule has 0 aromatic carbocycles. The van der Waals surface area contributed by atoms with Crippen LogP contribution in [0.15, 0.2) is 0 Å². The van der Waals surface area contributed by atoms with E-state index in [1.54, 1.807) is 0 Å². The predicted octanol–water partition coefficient (Wildman–Crippen LogP) is 2.41. The Morgan fingerprint density at radius 1 is 1.10 bits per heavy atom. The molecule has 116 valence electrons. The van der Waals surface area contributed by atoms with Crippen LogP contribution in [0.4, 0.5) is 4.79 Å². The van der Waals surface area contributed by atoms with Gasteiger partial charge < -0.3 is 15.1 Å². The van der Waals surface area contributed by atoms with E-state index in [0.717, 1.165) is 32.1 Å². The van der Waals surface area contributed by atoms with Gasteiger partial charge in [0, 0.05) is 32.7 Å². The Kier molecular flexibility index (Phi) is 5.70. The van der Waals surface area contributed by atoms with Crippen LogP contribution >= 0.6 is 0 Å². The predicted molar refractivity (Wildman–Crippen MR) is 82.8 cm³/mol. The first kappa shape index (κ1) is 15.6. The van der Waals surface area contributed by atoms with E-state index < -0.39 is 0 Å². The summed E-state index contributed by atoms with van der Waals surface area (Å²) in [7, 11) is 0. The van der Waals surface area contributed by atoms with Gasteiger partial charge in [0.05, 0.1) is 0 Å². The number of hydrogen-bond acceptors (Lipinski definition) is 2. The quantitative estimate of drug-likeness (QED) is 0.862. The number of piperidine rings is 2. The lowest BCUT2D eigenvalue weighted by molar-refractivity contribution is 0.142. The van der Waals surface area contributed by atoms with Gasteiger partial charge in [0.2, 0.25) is 0 Å². The first-order valence-electron chi connectivity index (χ1n) is 8.29. The van der Waals surface area contributed by atoms with Crippen molar-refractivity contribution in [2.75, 3.05) is 39.3 Å². The fourth-order valence-corrected chi connectivity index (χ4v) is 3.75. The summed E-state index contributed by atoms with van der Waals surface area (Å²) in [6, 6.07) is 0.133. The number of carbonyl (C=O) groups is 1. The largest absolute Gasteiger partial charge is 0.337 e. The molecule has 0 saturated carbocycles. The molecule has 0 spiro atoms. The molecule has 2 fully saturated rings. The van der Waals surface area contributed by atoms with Crippen molar-refractivity contribution in [2.45, 2.75) is 40.0 Å². The van der Waals surface area contributed by atoms with Crippen LogP contribution in [0.5, 0.6) is 0 Å². The molecule has 0 radical (unpaired) electrons. The molecule has 3 unspecified atom stereocenters. The summed E-state index contributed by atoms with van der Waals surface area (Å²) in [6.45, 7) is 12.8. The molecule has 0 aromatic heterocycles. The normalized spacial score (nSPS) is 32.1. The zero-order valence-electron chi connectivity index (χ0n) is 13.4. The van der Waals surface area contributed by atoms with Crippen molar-refractivity contribution in [1.82, 2.24) is 15.1 Å². The third kappa shape index (κ3) is 4.65. The van der Waals surface area contributed by atoms with Gasteiger partial charge in [-0.25, -0.2) is 4.79 Å². The van der Waals surface area contributed by atoms with Crippen molar-refractivity contribution >= 4 is 6.03 Å². The monoisotopic (exact) mass is 281 g/mol. The Balaban J connectivity index is 1.67. The zero-order chi connectivity index (χ0) is 14.5. The molecule has 1 N–H and O–H groups in total. The summed E-state index contributed by atoms with van der Waals surface area (Å²) in [5.41, 5.74) is 0. The van der Waals surface area contributed by atoms with Gasteiger partial charge in [0.25, 0.3) is 0 Å². The lowest BCUT2D eigenvalue weighted by Crippen LogP contribution is -2.49. The van der Waals surface area contributed by atoms with Crippen molar-refractivity contribution in [3.8, 4) is 0 Å². The third-order valence-corrected chi connectivity index (χ3v) is 4.60.